The molecule has 0 radical (unpaired) electrons. The number of nitro groups is 1. The lowest BCUT2D eigenvalue weighted by atomic mass is 9.93. The third-order valence-corrected chi connectivity index (χ3v) is 2.84. The largest absolute Gasteiger partial charge is 0.493 e. The van der Waals surface area contributed by atoms with Gasteiger partial charge in [-0.05, 0) is 17.9 Å². The molecule has 20 heavy (non-hydrogen) atoms. The highest BCUT2D eigenvalue weighted by Gasteiger charge is 2.19. The fourth-order valence-electron chi connectivity index (χ4n) is 1.63. The van der Waals surface area contributed by atoms with E-state index in [-0.39, 0.29) is 16.7 Å². The van der Waals surface area contributed by atoms with Crippen molar-refractivity contribution in [2.24, 2.45) is 5.41 Å². The average molecular weight is 283 g/mol. The van der Waals surface area contributed by atoms with E-state index in [0.29, 0.717) is 18.1 Å². The van der Waals surface area contributed by atoms with Crippen LogP contribution in [0.25, 0.3) is 0 Å². The summed E-state index contributed by atoms with van der Waals surface area (Å²) in [4.78, 5) is 10.4. The molecule has 1 aromatic rings. The van der Waals surface area contributed by atoms with Gasteiger partial charge >= 0.3 is 0 Å². The van der Waals surface area contributed by atoms with Crippen molar-refractivity contribution < 1.29 is 19.5 Å². The zero-order chi connectivity index (χ0) is 15.3. The normalized spacial score (nSPS) is 11.2. The lowest BCUT2D eigenvalue weighted by molar-refractivity contribution is -0.385. The maximum atomic E-state index is 11.0. The van der Waals surface area contributed by atoms with Crippen LogP contribution in [-0.2, 0) is 6.61 Å². The maximum Gasteiger partial charge on any atom is 0.278 e. The maximum absolute atomic E-state index is 11.0. The molecule has 0 saturated carbocycles. The van der Waals surface area contributed by atoms with E-state index in [4.69, 9.17) is 14.6 Å². The number of ether oxygens (including phenoxy) is 2. The van der Waals surface area contributed by atoms with Gasteiger partial charge in [0.2, 0.25) is 0 Å². The van der Waals surface area contributed by atoms with E-state index in [9.17, 15) is 10.1 Å². The van der Waals surface area contributed by atoms with Gasteiger partial charge in [0, 0.05) is 0 Å². The highest BCUT2D eigenvalue weighted by Crippen LogP contribution is 2.35. The number of rotatable bonds is 6. The third kappa shape index (κ3) is 4.38. The first-order valence-electron chi connectivity index (χ1n) is 6.37. The minimum absolute atomic E-state index is 0.115. The Morgan fingerprint density at radius 2 is 1.95 bits per heavy atom. The summed E-state index contributed by atoms with van der Waals surface area (Å²) in [6.45, 7) is 6.28. The van der Waals surface area contributed by atoms with Gasteiger partial charge in [-0.25, -0.2) is 0 Å². The number of nitrogens with zero attached hydrogens (tertiary/aromatic N) is 1. The summed E-state index contributed by atoms with van der Waals surface area (Å²) in [5.41, 5.74) is 0.151. The average Bonchev–Trinajstić information content (AvgIpc) is 2.36. The van der Waals surface area contributed by atoms with Crippen LogP contribution in [0.4, 0.5) is 5.69 Å². The number of hydrogen-bond donors (Lipinski definition) is 1. The standard InChI is InChI=1S/C14H21NO5/c1-14(2,3)5-6-20-13-8-11(15(17)18)10(9-16)7-12(13)19-4/h7-8,16H,5-6,9H2,1-4H3. The van der Waals surface area contributed by atoms with Crippen LogP contribution in [0.15, 0.2) is 12.1 Å². The van der Waals surface area contributed by atoms with Crippen molar-refractivity contribution in [2.75, 3.05) is 13.7 Å². The molecule has 0 aliphatic heterocycles. The number of benzene rings is 1. The van der Waals surface area contributed by atoms with Crippen LogP contribution in [0.1, 0.15) is 32.8 Å². The van der Waals surface area contributed by atoms with E-state index in [1.165, 1.54) is 19.2 Å². The molecule has 0 saturated heterocycles. The molecule has 0 aliphatic rings. The van der Waals surface area contributed by atoms with Gasteiger partial charge in [-0.15, -0.1) is 0 Å². The molecule has 0 spiro atoms. The summed E-state index contributed by atoms with van der Waals surface area (Å²) in [7, 11) is 1.46. The molecule has 0 unspecified atom stereocenters. The molecule has 0 amide bonds. The lowest BCUT2D eigenvalue weighted by Gasteiger charge is -2.19. The van der Waals surface area contributed by atoms with Gasteiger partial charge in [0.1, 0.15) is 0 Å². The van der Waals surface area contributed by atoms with Gasteiger partial charge in [0.05, 0.1) is 36.9 Å². The molecular formula is C14H21NO5. The molecule has 6 heteroatoms. The molecule has 0 aliphatic carbocycles. The minimum Gasteiger partial charge on any atom is -0.493 e. The van der Waals surface area contributed by atoms with Gasteiger partial charge in [-0.1, -0.05) is 20.8 Å². The minimum atomic E-state index is -0.540. The van der Waals surface area contributed by atoms with Crippen molar-refractivity contribution in [3.8, 4) is 11.5 Å². The second kappa shape index (κ2) is 6.56. The fourth-order valence-corrected chi connectivity index (χ4v) is 1.63. The van der Waals surface area contributed by atoms with Crippen molar-refractivity contribution in [1.29, 1.82) is 0 Å². The van der Waals surface area contributed by atoms with E-state index in [2.05, 4.69) is 20.8 Å². The number of nitro benzene ring substituents is 1. The molecular weight excluding hydrogens is 262 g/mol. The first-order valence-corrected chi connectivity index (χ1v) is 6.37. The van der Waals surface area contributed by atoms with Crippen molar-refractivity contribution in [3.63, 3.8) is 0 Å². The Morgan fingerprint density at radius 3 is 2.40 bits per heavy atom. The number of aliphatic hydroxyl groups excluding tert-OH is 1. The summed E-state index contributed by atoms with van der Waals surface area (Å²) in [6.07, 6.45) is 0.811. The van der Waals surface area contributed by atoms with E-state index >= 15 is 0 Å². The molecule has 1 N–H and O–H groups in total. The summed E-state index contributed by atoms with van der Waals surface area (Å²) in [5.74, 6) is 0.703. The molecule has 6 nitrogen and oxygen atoms in total. The summed E-state index contributed by atoms with van der Waals surface area (Å²) < 4.78 is 10.7. The van der Waals surface area contributed by atoms with Crippen molar-refractivity contribution in [2.45, 2.75) is 33.8 Å². The smallest absolute Gasteiger partial charge is 0.278 e. The Kier molecular flexibility index (Phi) is 5.33. The Labute approximate surface area is 118 Å². The number of hydrogen-bond acceptors (Lipinski definition) is 5. The van der Waals surface area contributed by atoms with Crippen molar-refractivity contribution in [3.05, 3.63) is 27.8 Å². The summed E-state index contributed by atoms with van der Waals surface area (Å²) in [6, 6.07) is 2.73. The van der Waals surface area contributed by atoms with Crippen LogP contribution >= 0.6 is 0 Å². The molecule has 0 heterocycles. The Hall–Kier alpha value is -1.82. The van der Waals surface area contributed by atoms with Crippen LogP contribution in [-0.4, -0.2) is 23.7 Å². The van der Waals surface area contributed by atoms with Crippen molar-refractivity contribution in [1.82, 2.24) is 0 Å². The summed E-state index contributed by atoms with van der Waals surface area (Å²) >= 11 is 0. The zero-order valence-corrected chi connectivity index (χ0v) is 12.3. The second-order valence-electron chi connectivity index (χ2n) is 5.71. The number of aliphatic hydroxyl groups is 1. The summed E-state index contributed by atoms with van der Waals surface area (Å²) in [5, 5.41) is 20.1. The van der Waals surface area contributed by atoms with Gasteiger partial charge < -0.3 is 14.6 Å². The van der Waals surface area contributed by atoms with Gasteiger partial charge in [-0.2, -0.15) is 0 Å². The predicted octanol–water partition coefficient (Wildman–Crippen LogP) is 2.91. The lowest BCUT2D eigenvalue weighted by Crippen LogP contribution is -2.11. The monoisotopic (exact) mass is 283 g/mol. The van der Waals surface area contributed by atoms with E-state index in [1.807, 2.05) is 0 Å². The van der Waals surface area contributed by atoms with Gasteiger partial charge in [-0.3, -0.25) is 10.1 Å². The van der Waals surface area contributed by atoms with Crippen molar-refractivity contribution >= 4 is 5.69 Å². The van der Waals surface area contributed by atoms with Crippen LogP contribution < -0.4 is 9.47 Å². The SMILES string of the molecule is COc1cc(CO)c([N+](=O)[O-])cc1OCCC(C)(C)C. The van der Waals surface area contributed by atoms with Crippen LogP contribution in [0.5, 0.6) is 11.5 Å². The molecule has 0 aromatic heterocycles. The molecule has 1 aromatic carbocycles. The van der Waals surface area contributed by atoms with Gasteiger partial charge in [0.15, 0.2) is 11.5 Å². The Balaban J connectivity index is 2.99. The van der Waals surface area contributed by atoms with Gasteiger partial charge in [0.25, 0.3) is 5.69 Å². The highest BCUT2D eigenvalue weighted by molar-refractivity contribution is 5.54. The number of methoxy groups -OCH3 is 1. The van der Waals surface area contributed by atoms with E-state index in [0.717, 1.165) is 6.42 Å². The Morgan fingerprint density at radius 1 is 1.30 bits per heavy atom. The topological polar surface area (TPSA) is 81.8 Å². The second-order valence-corrected chi connectivity index (χ2v) is 5.71. The van der Waals surface area contributed by atoms with E-state index in [1.54, 1.807) is 0 Å². The zero-order valence-electron chi connectivity index (χ0n) is 12.3. The predicted molar refractivity (Wildman–Crippen MR) is 75.1 cm³/mol. The molecule has 0 fully saturated rings. The van der Waals surface area contributed by atoms with Crippen LogP contribution in [0, 0.1) is 15.5 Å². The molecule has 1 rings (SSSR count). The first-order chi connectivity index (χ1) is 9.28. The first kappa shape index (κ1) is 16.2. The van der Waals surface area contributed by atoms with Crippen LogP contribution in [0.2, 0.25) is 0 Å². The fraction of sp³-hybridized carbons (Fsp3) is 0.571. The highest BCUT2D eigenvalue weighted by atomic mass is 16.6. The third-order valence-electron chi connectivity index (χ3n) is 2.84. The molecule has 0 atom stereocenters. The van der Waals surface area contributed by atoms with E-state index < -0.39 is 11.5 Å². The quantitative estimate of drug-likeness (QED) is 0.641. The van der Waals surface area contributed by atoms with Crippen LogP contribution in [0.3, 0.4) is 0 Å². The molecule has 0 bridgehead atoms. The Bertz CT molecular complexity index is 479. The molecule has 112 valence electrons.